The first-order valence-electron chi connectivity index (χ1n) is 6.64. The Morgan fingerprint density at radius 2 is 1.59 bits per heavy atom. The molecule has 2 nitrogen and oxygen atoms in total. The van der Waals surface area contributed by atoms with Crippen LogP contribution in [0.25, 0.3) is 22.0 Å². The summed E-state index contributed by atoms with van der Waals surface area (Å²) in [6.45, 7) is 0. The van der Waals surface area contributed by atoms with Gasteiger partial charge in [0.15, 0.2) is 0 Å². The first-order chi connectivity index (χ1) is 10.4. The van der Waals surface area contributed by atoms with Crippen LogP contribution in [0.1, 0.15) is 5.56 Å². The summed E-state index contributed by atoms with van der Waals surface area (Å²) in [6, 6.07) is 13.7. The molecule has 0 saturated heterocycles. The third-order valence-electron chi connectivity index (χ3n) is 3.66. The molecule has 1 aromatic heterocycles. The van der Waals surface area contributed by atoms with E-state index in [1.807, 2.05) is 24.3 Å². The van der Waals surface area contributed by atoms with Gasteiger partial charge < -0.3 is 4.57 Å². The van der Waals surface area contributed by atoms with Gasteiger partial charge in [-0.05, 0) is 35.2 Å². The van der Waals surface area contributed by atoms with Crippen LogP contribution in [-0.2, 0) is 13.2 Å². The van der Waals surface area contributed by atoms with Crippen molar-refractivity contribution in [3.05, 3.63) is 70.5 Å². The number of nitrogens with zero attached hydrogens (tertiary/aromatic N) is 1. The first kappa shape index (κ1) is 14.4. The zero-order chi connectivity index (χ0) is 15.9. The van der Waals surface area contributed by atoms with E-state index in [1.165, 1.54) is 16.7 Å². The number of pyridine rings is 1. The van der Waals surface area contributed by atoms with E-state index < -0.39 is 11.7 Å². The predicted octanol–water partition coefficient (Wildman–Crippen LogP) is 4.22. The van der Waals surface area contributed by atoms with Crippen molar-refractivity contribution < 1.29 is 13.2 Å². The smallest absolute Gasteiger partial charge is 0.311 e. The summed E-state index contributed by atoms with van der Waals surface area (Å²) in [5, 5.41) is 0.861. The number of aromatic nitrogens is 1. The third kappa shape index (κ3) is 2.39. The van der Waals surface area contributed by atoms with Crippen molar-refractivity contribution in [1.82, 2.24) is 4.57 Å². The summed E-state index contributed by atoms with van der Waals surface area (Å²) in [5.74, 6) is 0. The third-order valence-corrected chi connectivity index (χ3v) is 3.66. The Bertz CT molecular complexity index is 892. The van der Waals surface area contributed by atoms with E-state index in [1.54, 1.807) is 13.1 Å². The first-order valence-corrected chi connectivity index (χ1v) is 6.64. The highest BCUT2D eigenvalue weighted by Crippen LogP contribution is 2.30. The lowest BCUT2D eigenvalue weighted by Crippen LogP contribution is -2.18. The Kier molecular flexibility index (Phi) is 3.28. The van der Waals surface area contributed by atoms with Crippen molar-refractivity contribution in [2.75, 3.05) is 0 Å². The van der Waals surface area contributed by atoms with Gasteiger partial charge in [0.1, 0.15) is 0 Å². The van der Waals surface area contributed by atoms with Crippen LogP contribution in [0.15, 0.2) is 59.4 Å². The second kappa shape index (κ2) is 5.02. The van der Waals surface area contributed by atoms with Gasteiger partial charge in [0.2, 0.25) is 0 Å². The van der Waals surface area contributed by atoms with Crippen LogP contribution in [0.3, 0.4) is 0 Å². The molecule has 0 amide bonds. The van der Waals surface area contributed by atoms with Gasteiger partial charge in [-0.2, -0.15) is 13.2 Å². The minimum absolute atomic E-state index is 0.238. The lowest BCUT2D eigenvalue weighted by molar-refractivity contribution is -0.137. The SMILES string of the molecule is Cn1c(=O)c(-c2ccc(C(F)(F)F)cc2)cc2ccccc21. The van der Waals surface area contributed by atoms with Crippen LogP contribution in [0.2, 0.25) is 0 Å². The standard InChI is InChI=1S/C17H12F3NO/c1-21-15-5-3-2-4-12(15)10-14(16(21)22)11-6-8-13(9-7-11)17(18,19)20/h2-10H,1H3. The number of alkyl halides is 3. The van der Waals surface area contributed by atoms with Gasteiger partial charge in [-0.3, -0.25) is 4.79 Å². The number of aryl methyl sites for hydroxylation is 1. The fraction of sp³-hybridized carbons (Fsp3) is 0.118. The number of fused-ring (bicyclic) bond motifs is 1. The zero-order valence-electron chi connectivity index (χ0n) is 11.7. The molecule has 2 aromatic carbocycles. The Hall–Kier alpha value is -2.56. The van der Waals surface area contributed by atoms with E-state index in [-0.39, 0.29) is 5.56 Å². The lowest BCUT2D eigenvalue weighted by atomic mass is 10.0. The molecule has 0 saturated carbocycles. The van der Waals surface area contributed by atoms with Gasteiger partial charge in [-0.1, -0.05) is 30.3 Å². The lowest BCUT2D eigenvalue weighted by Gasteiger charge is -2.10. The van der Waals surface area contributed by atoms with E-state index in [0.717, 1.165) is 23.0 Å². The van der Waals surface area contributed by atoms with Crippen LogP contribution in [0.4, 0.5) is 13.2 Å². The van der Waals surface area contributed by atoms with Gasteiger partial charge in [0, 0.05) is 12.6 Å². The highest BCUT2D eigenvalue weighted by molar-refractivity contribution is 5.84. The molecule has 0 spiro atoms. The van der Waals surface area contributed by atoms with Crippen molar-refractivity contribution >= 4 is 10.9 Å². The number of benzene rings is 2. The van der Waals surface area contributed by atoms with E-state index in [4.69, 9.17) is 0 Å². The molecule has 112 valence electrons. The van der Waals surface area contributed by atoms with Crippen LogP contribution in [0.5, 0.6) is 0 Å². The molecule has 0 bridgehead atoms. The van der Waals surface area contributed by atoms with Gasteiger partial charge >= 0.3 is 6.18 Å². The monoisotopic (exact) mass is 303 g/mol. The van der Waals surface area contributed by atoms with Crippen molar-refractivity contribution in [3.8, 4) is 11.1 Å². The van der Waals surface area contributed by atoms with Gasteiger partial charge in [-0.15, -0.1) is 0 Å². The topological polar surface area (TPSA) is 22.0 Å². The molecule has 3 rings (SSSR count). The second-order valence-corrected chi connectivity index (χ2v) is 5.06. The van der Waals surface area contributed by atoms with Gasteiger partial charge in [0.25, 0.3) is 5.56 Å². The largest absolute Gasteiger partial charge is 0.416 e. The van der Waals surface area contributed by atoms with Gasteiger partial charge in [0.05, 0.1) is 11.1 Å². The van der Waals surface area contributed by atoms with Crippen molar-refractivity contribution in [2.24, 2.45) is 7.05 Å². The van der Waals surface area contributed by atoms with Crippen LogP contribution in [-0.4, -0.2) is 4.57 Å². The molecular formula is C17H12F3NO. The normalized spacial score (nSPS) is 11.8. The molecule has 0 atom stereocenters. The molecular weight excluding hydrogens is 291 g/mol. The minimum atomic E-state index is -4.38. The summed E-state index contributed by atoms with van der Waals surface area (Å²) in [6.07, 6.45) is -4.38. The van der Waals surface area contributed by atoms with Crippen LogP contribution in [0, 0.1) is 0 Å². The second-order valence-electron chi connectivity index (χ2n) is 5.06. The Morgan fingerprint density at radius 3 is 2.23 bits per heavy atom. The fourth-order valence-electron chi connectivity index (χ4n) is 2.47. The van der Waals surface area contributed by atoms with Crippen molar-refractivity contribution in [1.29, 1.82) is 0 Å². The number of hydrogen-bond acceptors (Lipinski definition) is 1. The summed E-state index contributed by atoms with van der Waals surface area (Å²) in [5.41, 5.74) is 0.671. The maximum Gasteiger partial charge on any atom is 0.416 e. The molecule has 0 aliphatic rings. The molecule has 0 fully saturated rings. The average molecular weight is 303 g/mol. The number of para-hydroxylation sites is 1. The summed E-state index contributed by atoms with van der Waals surface area (Å²) < 4.78 is 39.3. The Labute approximate surface area is 124 Å². The van der Waals surface area contributed by atoms with Crippen LogP contribution < -0.4 is 5.56 Å². The molecule has 0 aliphatic carbocycles. The maximum atomic E-state index is 12.6. The van der Waals surface area contributed by atoms with Crippen molar-refractivity contribution in [2.45, 2.75) is 6.18 Å². The van der Waals surface area contributed by atoms with E-state index in [0.29, 0.717) is 11.1 Å². The van der Waals surface area contributed by atoms with Crippen molar-refractivity contribution in [3.63, 3.8) is 0 Å². The van der Waals surface area contributed by atoms with Gasteiger partial charge in [-0.25, -0.2) is 0 Å². The summed E-state index contributed by atoms with van der Waals surface area (Å²) in [4.78, 5) is 12.4. The van der Waals surface area contributed by atoms with E-state index in [2.05, 4.69) is 0 Å². The number of halogens is 3. The fourth-order valence-corrected chi connectivity index (χ4v) is 2.47. The minimum Gasteiger partial charge on any atom is -0.311 e. The summed E-state index contributed by atoms with van der Waals surface area (Å²) in [7, 11) is 1.65. The molecule has 0 radical (unpaired) electrons. The molecule has 5 heteroatoms. The molecule has 0 aliphatic heterocycles. The predicted molar refractivity (Wildman–Crippen MR) is 79.6 cm³/mol. The average Bonchev–Trinajstić information content (AvgIpc) is 2.50. The molecule has 3 aromatic rings. The number of rotatable bonds is 1. The maximum absolute atomic E-state index is 12.6. The quantitative estimate of drug-likeness (QED) is 0.659. The van der Waals surface area contributed by atoms with E-state index >= 15 is 0 Å². The molecule has 1 heterocycles. The summed E-state index contributed by atoms with van der Waals surface area (Å²) >= 11 is 0. The van der Waals surface area contributed by atoms with Crippen LogP contribution >= 0.6 is 0 Å². The van der Waals surface area contributed by atoms with E-state index in [9.17, 15) is 18.0 Å². The zero-order valence-corrected chi connectivity index (χ0v) is 11.7. The molecule has 22 heavy (non-hydrogen) atoms. The Morgan fingerprint density at radius 1 is 0.955 bits per heavy atom. The number of hydrogen-bond donors (Lipinski definition) is 0. The highest BCUT2D eigenvalue weighted by Gasteiger charge is 2.30. The molecule has 0 unspecified atom stereocenters. The highest BCUT2D eigenvalue weighted by atomic mass is 19.4. The molecule has 0 N–H and O–H groups in total. The Balaban J connectivity index is 2.18.